The van der Waals surface area contributed by atoms with Gasteiger partial charge in [-0.2, -0.15) is 0 Å². The minimum Gasteiger partial charge on any atom is -0.478 e. The van der Waals surface area contributed by atoms with Crippen LogP contribution < -0.4 is 10.1 Å². The van der Waals surface area contributed by atoms with Gasteiger partial charge in [0.2, 0.25) is 0 Å². The summed E-state index contributed by atoms with van der Waals surface area (Å²) in [5.41, 5.74) is 1.76. The number of halogens is 2. The van der Waals surface area contributed by atoms with E-state index in [1.54, 1.807) is 30.3 Å². The number of aromatic carboxylic acids is 1. The molecule has 26 heavy (non-hydrogen) atoms. The summed E-state index contributed by atoms with van der Waals surface area (Å²) in [5, 5.41) is 13.3. The van der Waals surface area contributed by atoms with Gasteiger partial charge in [0, 0.05) is 12.6 Å². The monoisotopic (exact) mass is 387 g/mol. The Labute approximate surface area is 161 Å². The van der Waals surface area contributed by atoms with Crippen LogP contribution in [0.25, 0.3) is 0 Å². The van der Waals surface area contributed by atoms with Gasteiger partial charge in [-0.25, -0.2) is 4.79 Å². The van der Waals surface area contributed by atoms with Crippen molar-refractivity contribution in [3.63, 3.8) is 0 Å². The Morgan fingerprint density at radius 3 is 2.31 bits per heavy atom. The van der Waals surface area contributed by atoms with Gasteiger partial charge in [-0.05, 0) is 23.8 Å². The van der Waals surface area contributed by atoms with Crippen molar-refractivity contribution in [1.29, 1.82) is 0 Å². The number of carbonyl (C=O) groups is 1. The third-order valence-electron chi connectivity index (χ3n) is 3.69. The molecule has 3 aromatic carbocycles. The first kappa shape index (κ1) is 18.1. The summed E-state index contributed by atoms with van der Waals surface area (Å²) in [6.45, 7) is 0.551. The normalized spacial score (nSPS) is 10.4. The highest BCUT2D eigenvalue weighted by Crippen LogP contribution is 2.38. The first-order valence-corrected chi connectivity index (χ1v) is 8.57. The van der Waals surface area contributed by atoms with Crippen molar-refractivity contribution in [2.24, 2.45) is 0 Å². The van der Waals surface area contributed by atoms with Crippen LogP contribution in [0.15, 0.2) is 66.7 Å². The number of benzene rings is 3. The van der Waals surface area contributed by atoms with E-state index in [0.717, 1.165) is 5.56 Å². The lowest BCUT2D eigenvalue weighted by Gasteiger charge is -2.15. The van der Waals surface area contributed by atoms with Gasteiger partial charge < -0.3 is 15.2 Å². The smallest absolute Gasteiger partial charge is 0.339 e. The topological polar surface area (TPSA) is 58.6 Å². The average molecular weight is 388 g/mol. The molecule has 0 saturated carbocycles. The molecule has 0 aromatic heterocycles. The van der Waals surface area contributed by atoms with Crippen LogP contribution in [0.4, 0.5) is 5.69 Å². The highest BCUT2D eigenvalue weighted by atomic mass is 35.5. The van der Waals surface area contributed by atoms with Crippen LogP contribution in [0.3, 0.4) is 0 Å². The number of anilines is 1. The molecule has 132 valence electrons. The molecule has 0 aliphatic carbocycles. The summed E-state index contributed by atoms with van der Waals surface area (Å²) >= 11 is 12.2. The Kier molecular flexibility index (Phi) is 5.66. The summed E-state index contributed by atoms with van der Waals surface area (Å²) in [6, 6.07) is 19.5. The Morgan fingerprint density at radius 2 is 1.58 bits per heavy atom. The lowest BCUT2D eigenvalue weighted by atomic mass is 10.2. The third kappa shape index (κ3) is 4.28. The lowest BCUT2D eigenvalue weighted by molar-refractivity contribution is 0.0694. The molecular weight excluding hydrogens is 373 g/mol. The third-order valence-corrected chi connectivity index (χ3v) is 4.41. The second-order valence-corrected chi connectivity index (χ2v) is 6.32. The molecule has 0 atom stereocenters. The molecule has 3 aromatic rings. The van der Waals surface area contributed by atoms with E-state index in [9.17, 15) is 9.90 Å². The molecule has 0 aliphatic rings. The van der Waals surface area contributed by atoms with Crippen molar-refractivity contribution >= 4 is 34.9 Å². The fraction of sp³-hybridized carbons (Fsp3) is 0.0500. The lowest BCUT2D eigenvalue weighted by Crippen LogP contribution is -2.03. The first-order chi connectivity index (χ1) is 12.5. The van der Waals surface area contributed by atoms with Crippen molar-refractivity contribution in [2.75, 3.05) is 5.32 Å². The molecule has 0 aliphatic heterocycles. The molecule has 0 radical (unpaired) electrons. The Balaban J connectivity index is 1.91. The summed E-state index contributed by atoms with van der Waals surface area (Å²) in [7, 11) is 0. The molecular formula is C20H15Cl2NO3. The zero-order valence-electron chi connectivity index (χ0n) is 13.6. The van der Waals surface area contributed by atoms with Crippen LogP contribution in [-0.2, 0) is 6.54 Å². The van der Waals surface area contributed by atoms with Crippen LogP contribution in [0.1, 0.15) is 15.9 Å². The molecule has 2 N–H and O–H groups in total. The van der Waals surface area contributed by atoms with Crippen LogP contribution in [0.5, 0.6) is 11.5 Å². The molecule has 3 rings (SSSR count). The quantitative estimate of drug-likeness (QED) is 0.536. The standard InChI is InChI=1S/C20H15Cl2NO3/c21-15-10-17(23-12-13-6-2-1-3-7-13)19(11-16(15)22)26-18-9-5-4-8-14(18)20(24)25/h1-11,23H,12H2,(H,24,25). The molecule has 4 nitrogen and oxygen atoms in total. The Bertz CT molecular complexity index is 930. The second-order valence-electron chi connectivity index (χ2n) is 5.51. The minimum absolute atomic E-state index is 0.0626. The fourth-order valence-corrected chi connectivity index (χ4v) is 2.71. The maximum atomic E-state index is 11.4. The average Bonchev–Trinajstić information content (AvgIpc) is 2.64. The van der Waals surface area contributed by atoms with Gasteiger partial charge in [-0.1, -0.05) is 65.7 Å². The van der Waals surface area contributed by atoms with Gasteiger partial charge in [0.15, 0.2) is 5.75 Å². The van der Waals surface area contributed by atoms with Gasteiger partial charge in [0.05, 0.1) is 15.7 Å². The summed E-state index contributed by atoms with van der Waals surface area (Å²) in [5.74, 6) is -0.454. The van der Waals surface area contributed by atoms with Crippen molar-refractivity contribution < 1.29 is 14.6 Å². The van der Waals surface area contributed by atoms with Crippen LogP contribution in [0.2, 0.25) is 10.0 Å². The van der Waals surface area contributed by atoms with E-state index >= 15 is 0 Å². The van der Waals surface area contributed by atoms with Crippen molar-refractivity contribution in [1.82, 2.24) is 0 Å². The van der Waals surface area contributed by atoms with Crippen molar-refractivity contribution in [3.8, 4) is 11.5 Å². The van der Waals surface area contributed by atoms with Gasteiger partial charge in [0.25, 0.3) is 0 Å². The van der Waals surface area contributed by atoms with E-state index in [2.05, 4.69) is 5.32 Å². The maximum Gasteiger partial charge on any atom is 0.339 e. The number of rotatable bonds is 6. The number of hydrogen-bond donors (Lipinski definition) is 2. The predicted octanol–water partition coefficient (Wildman–Crippen LogP) is 6.10. The molecule has 0 spiro atoms. The molecule has 0 fully saturated rings. The summed E-state index contributed by atoms with van der Waals surface area (Å²) in [4.78, 5) is 11.4. The molecule has 0 heterocycles. The molecule has 0 amide bonds. The van der Waals surface area contributed by atoms with Gasteiger partial charge in [0.1, 0.15) is 11.3 Å². The number of nitrogens with one attached hydrogen (secondary N) is 1. The number of ether oxygens (including phenoxy) is 1. The van der Waals surface area contributed by atoms with E-state index in [-0.39, 0.29) is 11.3 Å². The van der Waals surface area contributed by atoms with Gasteiger partial charge >= 0.3 is 5.97 Å². The number of carboxylic acid groups (broad SMARTS) is 1. The zero-order chi connectivity index (χ0) is 18.5. The predicted molar refractivity (Wildman–Crippen MR) is 104 cm³/mol. The molecule has 0 bridgehead atoms. The zero-order valence-corrected chi connectivity index (χ0v) is 15.1. The van der Waals surface area contributed by atoms with Gasteiger partial charge in [-0.15, -0.1) is 0 Å². The second kappa shape index (κ2) is 8.13. The van der Waals surface area contributed by atoms with E-state index in [0.29, 0.717) is 28.0 Å². The number of para-hydroxylation sites is 1. The highest BCUT2D eigenvalue weighted by molar-refractivity contribution is 6.42. The summed E-state index contributed by atoms with van der Waals surface area (Å²) in [6.07, 6.45) is 0. The van der Waals surface area contributed by atoms with E-state index < -0.39 is 5.97 Å². The van der Waals surface area contributed by atoms with Crippen molar-refractivity contribution in [3.05, 3.63) is 87.9 Å². The van der Waals surface area contributed by atoms with Crippen LogP contribution in [0, 0.1) is 0 Å². The van der Waals surface area contributed by atoms with Crippen LogP contribution >= 0.6 is 23.2 Å². The SMILES string of the molecule is O=C(O)c1ccccc1Oc1cc(Cl)c(Cl)cc1NCc1ccccc1. The van der Waals surface area contributed by atoms with Crippen molar-refractivity contribution in [2.45, 2.75) is 6.54 Å². The number of carboxylic acids is 1. The largest absolute Gasteiger partial charge is 0.478 e. The summed E-state index contributed by atoms with van der Waals surface area (Å²) < 4.78 is 5.84. The van der Waals surface area contributed by atoms with E-state index in [1.807, 2.05) is 30.3 Å². The Morgan fingerprint density at radius 1 is 0.923 bits per heavy atom. The minimum atomic E-state index is -1.07. The Hall–Kier alpha value is -2.69. The van der Waals surface area contributed by atoms with Crippen LogP contribution in [-0.4, -0.2) is 11.1 Å². The fourth-order valence-electron chi connectivity index (χ4n) is 2.40. The van der Waals surface area contributed by atoms with Gasteiger partial charge in [-0.3, -0.25) is 0 Å². The maximum absolute atomic E-state index is 11.4. The van der Waals surface area contributed by atoms with E-state index in [1.165, 1.54) is 6.07 Å². The van der Waals surface area contributed by atoms with E-state index in [4.69, 9.17) is 27.9 Å². The highest BCUT2D eigenvalue weighted by Gasteiger charge is 2.15. The molecule has 0 unspecified atom stereocenters. The molecule has 6 heteroatoms. The number of hydrogen-bond acceptors (Lipinski definition) is 3. The first-order valence-electron chi connectivity index (χ1n) is 7.81. The molecule has 0 saturated heterocycles.